The van der Waals surface area contributed by atoms with Crippen LogP contribution in [0.2, 0.25) is 0 Å². The van der Waals surface area contributed by atoms with Crippen molar-refractivity contribution in [3.8, 4) is 11.5 Å². The number of alkyl halides is 3. The smallest absolute Gasteiger partial charge is 0.422 e. The molecule has 2 aromatic carbocycles. The summed E-state index contributed by atoms with van der Waals surface area (Å²) in [5, 5.41) is 2.72. The lowest BCUT2D eigenvalue weighted by Crippen LogP contribution is -2.41. The first-order chi connectivity index (χ1) is 15.6. The van der Waals surface area contributed by atoms with E-state index in [1.54, 1.807) is 12.1 Å². The Kier molecular flexibility index (Phi) is 7.85. The van der Waals surface area contributed by atoms with Crippen molar-refractivity contribution in [1.29, 1.82) is 0 Å². The summed E-state index contributed by atoms with van der Waals surface area (Å²) in [7, 11) is -3.67. The maximum absolute atomic E-state index is 12.9. The minimum atomic E-state index is -4.43. The highest BCUT2D eigenvalue weighted by Crippen LogP contribution is 2.27. The Morgan fingerprint density at radius 2 is 1.55 bits per heavy atom. The summed E-state index contributed by atoms with van der Waals surface area (Å²) in [5.74, 6) is -0.0140. The standard InChI is InChI=1S/C22H25F3N2O5S/c1-2-31-18-7-9-20(10-8-18)33(29,30)27-13-11-16(12-14-27)21(28)26-17-3-5-19(6-4-17)32-15-22(23,24)25/h3-10,16H,2,11-15H2,1H3,(H,26,28). The number of amides is 1. The fraction of sp³-hybridized carbons (Fsp3) is 0.409. The first kappa shape index (κ1) is 24.8. The number of halogens is 3. The van der Waals surface area contributed by atoms with Gasteiger partial charge in [0.05, 0.1) is 11.5 Å². The Hall–Kier alpha value is -2.79. The van der Waals surface area contributed by atoms with E-state index in [9.17, 15) is 26.4 Å². The summed E-state index contributed by atoms with van der Waals surface area (Å²) in [6, 6.07) is 11.8. The van der Waals surface area contributed by atoms with E-state index in [-0.39, 0.29) is 35.6 Å². The van der Waals surface area contributed by atoms with Gasteiger partial charge in [-0.05, 0) is 68.3 Å². The molecule has 1 fully saturated rings. The molecule has 0 radical (unpaired) electrons. The van der Waals surface area contributed by atoms with E-state index < -0.39 is 22.8 Å². The third-order valence-corrected chi connectivity index (χ3v) is 7.03. The van der Waals surface area contributed by atoms with E-state index in [1.807, 2.05) is 6.92 Å². The predicted octanol–water partition coefficient (Wildman–Crippen LogP) is 4.07. The molecule has 1 heterocycles. The van der Waals surface area contributed by atoms with Crippen molar-refractivity contribution < 1.29 is 35.9 Å². The van der Waals surface area contributed by atoms with Gasteiger partial charge in [-0.25, -0.2) is 8.42 Å². The first-order valence-electron chi connectivity index (χ1n) is 10.4. The van der Waals surface area contributed by atoms with E-state index in [0.717, 1.165) is 0 Å². The zero-order valence-corrected chi connectivity index (χ0v) is 18.8. The van der Waals surface area contributed by atoms with Gasteiger partial charge in [-0.2, -0.15) is 17.5 Å². The van der Waals surface area contributed by atoms with Crippen LogP contribution in [0.15, 0.2) is 53.4 Å². The van der Waals surface area contributed by atoms with Crippen LogP contribution < -0.4 is 14.8 Å². The van der Waals surface area contributed by atoms with Gasteiger partial charge in [0.25, 0.3) is 0 Å². The van der Waals surface area contributed by atoms with Crippen LogP contribution in [0.3, 0.4) is 0 Å². The van der Waals surface area contributed by atoms with Crippen LogP contribution in [0.5, 0.6) is 11.5 Å². The number of anilines is 1. The maximum Gasteiger partial charge on any atom is 0.422 e. The number of hydrogen-bond donors (Lipinski definition) is 1. The SMILES string of the molecule is CCOc1ccc(S(=O)(=O)N2CCC(C(=O)Nc3ccc(OCC(F)(F)F)cc3)CC2)cc1. The molecule has 1 N–H and O–H groups in total. The Labute approximate surface area is 190 Å². The van der Waals surface area contributed by atoms with Crippen LogP contribution in [0, 0.1) is 5.92 Å². The van der Waals surface area contributed by atoms with Gasteiger partial charge in [-0.15, -0.1) is 0 Å². The number of nitrogens with one attached hydrogen (secondary N) is 1. The quantitative estimate of drug-likeness (QED) is 0.608. The molecule has 2 aromatic rings. The van der Waals surface area contributed by atoms with Crippen LogP contribution in [-0.4, -0.2) is 51.1 Å². The average molecular weight is 487 g/mol. The number of benzene rings is 2. The lowest BCUT2D eigenvalue weighted by atomic mass is 9.97. The van der Waals surface area contributed by atoms with E-state index >= 15 is 0 Å². The molecule has 3 rings (SSSR count). The molecule has 1 aliphatic rings. The number of hydrogen-bond acceptors (Lipinski definition) is 5. The van der Waals surface area contributed by atoms with E-state index in [2.05, 4.69) is 10.1 Å². The average Bonchev–Trinajstić information content (AvgIpc) is 2.79. The minimum absolute atomic E-state index is 0.0399. The first-order valence-corrected chi connectivity index (χ1v) is 11.9. The Morgan fingerprint density at radius 3 is 2.09 bits per heavy atom. The molecule has 0 atom stereocenters. The summed E-state index contributed by atoms with van der Waals surface area (Å²) >= 11 is 0. The molecule has 0 aliphatic carbocycles. The molecule has 1 aliphatic heterocycles. The molecular weight excluding hydrogens is 461 g/mol. The van der Waals surface area contributed by atoms with Gasteiger partial charge in [-0.3, -0.25) is 4.79 Å². The highest BCUT2D eigenvalue weighted by molar-refractivity contribution is 7.89. The van der Waals surface area contributed by atoms with Crippen LogP contribution in [0.1, 0.15) is 19.8 Å². The molecule has 0 aromatic heterocycles. The van der Waals surface area contributed by atoms with Gasteiger partial charge in [0.15, 0.2) is 6.61 Å². The Balaban J connectivity index is 1.52. The molecule has 0 saturated carbocycles. The molecule has 11 heteroatoms. The highest BCUT2D eigenvalue weighted by atomic mass is 32.2. The van der Waals surface area contributed by atoms with Crippen molar-refractivity contribution in [1.82, 2.24) is 4.31 Å². The van der Waals surface area contributed by atoms with Gasteiger partial charge in [0.2, 0.25) is 15.9 Å². The fourth-order valence-electron chi connectivity index (χ4n) is 3.43. The van der Waals surface area contributed by atoms with Crippen LogP contribution in [0.4, 0.5) is 18.9 Å². The number of sulfonamides is 1. The zero-order valence-electron chi connectivity index (χ0n) is 18.0. The van der Waals surface area contributed by atoms with Gasteiger partial charge < -0.3 is 14.8 Å². The van der Waals surface area contributed by atoms with Gasteiger partial charge in [0.1, 0.15) is 11.5 Å². The van der Waals surface area contributed by atoms with Crippen LogP contribution in [0.25, 0.3) is 0 Å². The van der Waals surface area contributed by atoms with E-state index in [1.165, 1.54) is 40.7 Å². The highest BCUT2D eigenvalue weighted by Gasteiger charge is 2.32. The topological polar surface area (TPSA) is 84.9 Å². The van der Waals surface area contributed by atoms with Gasteiger partial charge in [0, 0.05) is 24.7 Å². The third kappa shape index (κ3) is 6.84. The molecule has 1 saturated heterocycles. The number of ether oxygens (including phenoxy) is 2. The van der Waals surface area contributed by atoms with Crippen molar-refractivity contribution in [3.05, 3.63) is 48.5 Å². The molecular formula is C22H25F3N2O5S. The number of nitrogens with zero attached hydrogens (tertiary/aromatic N) is 1. The molecule has 180 valence electrons. The van der Waals surface area contributed by atoms with Crippen LogP contribution in [-0.2, 0) is 14.8 Å². The number of piperidine rings is 1. The molecule has 7 nitrogen and oxygen atoms in total. The molecule has 33 heavy (non-hydrogen) atoms. The summed E-state index contributed by atoms with van der Waals surface area (Å²) in [4.78, 5) is 12.7. The summed E-state index contributed by atoms with van der Waals surface area (Å²) < 4.78 is 73.7. The van der Waals surface area contributed by atoms with Crippen molar-refractivity contribution >= 4 is 21.6 Å². The van der Waals surface area contributed by atoms with Gasteiger partial charge >= 0.3 is 6.18 Å². The van der Waals surface area contributed by atoms with Crippen molar-refractivity contribution in [2.45, 2.75) is 30.8 Å². The number of rotatable bonds is 8. The zero-order chi connectivity index (χ0) is 24.1. The summed E-state index contributed by atoms with van der Waals surface area (Å²) in [5.41, 5.74) is 0.420. The lowest BCUT2D eigenvalue weighted by Gasteiger charge is -2.30. The van der Waals surface area contributed by atoms with E-state index in [0.29, 0.717) is 30.9 Å². The fourth-order valence-corrected chi connectivity index (χ4v) is 4.90. The normalized spacial score (nSPS) is 15.8. The van der Waals surface area contributed by atoms with Crippen molar-refractivity contribution in [2.24, 2.45) is 5.92 Å². The molecule has 0 bridgehead atoms. The van der Waals surface area contributed by atoms with E-state index in [4.69, 9.17) is 4.74 Å². The Morgan fingerprint density at radius 1 is 1.00 bits per heavy atom. The maximum atomic E-state index is 12.9. The lowest BCUT2D eigenvalue weighted by molar-refractivity contribution is -0.153. The second-order valence-corrected chi connectivity index (χ2v) is 9.44. The second kappa shape index (κ2) is 10.4. The molecule has 0 spiro atoms. The van der Waals surface area contributed by atoms with Crippen LogP contribution >= 0.6 is 0 Å². The second-order valence-electron chi connectivity index (χ2n) is 7.50. The predicted molar refractivity (Wildman–Crippen MR) is 116 cm³/mol. The van der Waals surface area contributed by atoms with Crippen molar-refractivity contribution in [3.63, 3.8) is 0 Å². The number of carbonyl (C=O) groups is 1. The number of carbonyl (C=O) groups excluding carboxylic acids is 1. The monoisotopic (exact) mass is 486 g/mol. The summed E-state index contributed by atoms with van der Waals surface area (Å²) in [6.07, 6.45) is -3.72. The molecule has 1 amide bonds. The minimum Gasteiger partial charge on any atom is -0.494 e. The third-order valence-electron chi connectivity index (χ3n) is 5.12. The summed E-state index contributed by atoms with van der Waals surface area (Å²) in [6.45, 7) is 1.34. The largest absolute Gasteiger partial charge is 0.494 e. The van der Waals surface area contributed by atoms with Gasteiger partial charge in [-0.1, -0.05) is 0 Å². The molecule has 0 unspecified atom stereocenters. The van der Waals surface area contributed by atoms with Crippen molar-refractivity contribution in [2.75, 3.05) is 31.6 Å². The Bertz CT molecular complexity index is 1030.